The lowest BCUT2D eigenvalue weighted by atomic mass is 10.1. The van der Waals surface area contributed by atoms with Crippen LogP contribution in [0.5, 0.6) is 0 Å². The summed E-state index contributed by atoms with van der Waals surface area (Å²) >= 11 is 0. The SMILES string of the molecule is [C-]#[N+]c1cc(C#N)cc(-c2ccc(C)cn2)c1. The van der Waals surface area contributed by atoms with Crippen molar-refractivity contribution in [1.82, 2.24) is 4.98 Å². The lowest BCUT2D eigenvalue weighted by Crippen LogP contribution is -1.85. The minimum atomic E-state index is 0.460. The fraction of sp³-hybridized carbons (Fsp3) is 0.0714. The van der Waals surface area contributed by atoms with Crippen LogP contribution in [-0.4, -0.2) is 4.98 Å². The van der Waals surface area contributed by atoms with E-state index in [2.05, 4.69) is 15.9 Å². The molecule has 0 fully saturated rings. The molecule has 0 aliphatic heterocycles. The van der Waals surface area contributed by atoms with Crippen molar-refractivity contribution in [3.8, 4) is 17.3 Å². The highest BCUT2D eigenvalue weighted by Crippen LogP contribution is 2.24. The van der Waals surface area contributed by atoms with Crippen LogP contribution in [0.3, 0.4) is 0 Å². The van der Waals surface area contributed by atoms with E-state index in [-0.39, 0.29) is 0 Å². The Morgan fingerprint density at radius 1 is 1.29 bits per heavy atom. The fourth-order valence-electron chi connectivity index (χ4n) is 1.53. The molecule has 1 heterocycles. The van der Waals surface area contributed by atoms with Gasteiger partial charge in [0.1, 0.15) is 0 Å². The molecular formula is C14H9N3. The summed E-state index contributed by atoms with van der Waals surface area (Å²) in [6.07, 6.45) is 1.77. The number of pyridine rings is 1. The Labute approximate surface area is 99.8 Å². The molecule has 0 unspecified atom stereocenters. The molecule has 1 aromatic heterocycles. The molecule has 0 aliphatic carbocycles. The van der Waals surface area contributed by atoms with Gasteiger partial charge in [-0.1, -0.05) is 6.07 Å². The Balaban J connectivity index is 2.56. The lowest BCUT2D eigenvalue weighted by Gasteiger charge is -2.03. The van der Waals surface area contributed by atoms with E-state index in [0.717, 1.165) is 16.8 Å². The molecule has 0 saturated heterocycles. The number of nitriles is 1. The van der Waals surface area contributed by atoms with Gasteiger partial charge < -0.3 is 0 Å². The van der Waals surface area contributed by atoms with Gasteiger partial charge >= 0.3 is 0 Å². The second kappa shape index (κ2) is 4.47. The van der Waals surface area contributed by atoms with E-state index in [1.807, 2.05) is 19.1 Å². The van der Waals surface area contributed by atoms with Gasteiger partial charge in [0.2, 0.25) is 0 Å². The van der Waals surface area contributed by atoms with Crippen LogP contribution in [0.15, 0.2) is 36.5 Å². The monoisotopic (exact) mass is 219 g/mol. The van der Waals surface area contributed by atoms with Gasteiger partial charge in [-0.15, -0.1) is 0 Å². The van der Waals surface area contributed by atoms with Crippen molar-refractivity contribution in [3.05, 3.63) is 59.1 Å². The van der Waals surface area contributed by atoms with Crippen molar-refractivity contribution in [2.45, 2.75) is 6.92 Å². The van der Waals surface area contributed by atoms with E-state index in [0.29, 0.717) is 11.3 Å². The molecule has 1 aromatic carbocycles. The summed E-state index contributed by atoms with van der Waals surface area (Å²) in [5, 5.41) is 8.90. The third-order valence-electron chi connectivity index (χ3n) is 2.38. The van der Waals surface area contributed by atoms with Gasteiger partial charge in [0.15, 0.2) is 5.69 Å². The number of rotatable bonds is 1. The first-order valence-corrected chi connectivity index (χ1v) is 5.08. The zero-order valence-electron chi connectivity index (χ0n) is 9.31. The molecule has 17 heavy (non-hydrogen) atoms. The van der Waals surface area contributed by atoms with Crippen LogP contribution in [0.4, 0.5) is 5.69 Å². The normalized spacial score (nSPS) is 9.35. The van der Waals surface area contributed by atoms with Gasteiger partial charge in [0, 0.05) is 11.8 Å². The number of aromatic nitrogens is 1. The van der Waals surface area contributed by atoms with Crippen molar-refractivity contribution in [2.24, 2.45) is 0 Å². The zero-order valence-corrected chi connectivity index (χ0v) is 9.31. The molecule has 0 spiro atoms. The maximum Gasteiger partial charge on any atom is 0.189 e. The quantitative estimate of drug-likeness (QED) is 0.689. The zero-order chi connectivity index (χ0) is 12.3. The summed E-state index contributed by atoms with van der Waals surface area (Å²) in [5.74, 6) is 0. The first-order valence-electron chi connectivity index (χ1n) is 5.08. The molecule has 3 nitrogen and oxygen atoms in total. The van der Waals surface area contributed by atoms with Crippen LogP contribution in [0, 0.1) is 24.8 Å². The highest BCUT2D eigenvalue weighted by molar-refractivity contribution is 5.68. The molecule has 0 bridgehead atoms. The molecule has 0 saturated carbocycles. The molecular weight excluding hydrogens is 210 g/mol. The van der Waals surface area contributed by atoms with E-state index in [4.69, 9.17) is 11.8 Å². The smallest absolute Gasteiger partial charge is 0.189 e. The molecule has 2 rings (SSSR count). The summed E-state index contributed by atoms with van der Waals surface area (Å²) in [6, 6.07) is 11.0. The Kier molecular flexibility index (Phi) is 2.85. The van der Waals surface area contributed by atoms with Crippen LogP contribution >= 0.6 is 0 Å². The van der Waals surface area contributed by atoms with Crippen LogP contribution in [0.2, 0.25) is 0 Å². The van der Waals surface area contributed by atoms with Crippen molar-refractivity contribution >= 4 is 5.69 Å². The first-order chi connectivity index (χ1) is 8.22. The standard InChI is InChI=1S/C14H9N3/c1-10-3-4-14(17-9-10)12-5-11(8-15)6-13(7-12)16-2/h3-7,9H,1H3. The molecule has 0 atom stereocenters. The van der Waals surface area contributed by atoms with Crippen molar-refractivity contribution in [2.75, 3.05) is 0 Å². The Bertz CT molecular complexity index is 596. The van der Waals surface area contributed by atoms with E-state index < -0.39 is 0 Å². The fourth-order valence-corrected chi connectivity index (χ4v) is 1.53. The molecule has 0 radical (unpaired) electrons. The molecule has 0 N–H and O–H groups in total. The predicted molar refractivity (Wildman–Crippen MR) is 65.4 cm³/mol. The van der Waals surface area contributed by atoms with E-state index in [9.17, 15) is 0 Å². The van der Waals surface area contributed by atoms with E-state index in [1.54, 1.807) is 24.4 Å². The van der Waals surface area contributed by atoms with E-state index >= 15 is 0 Å². The van der Waals surface area contributed by atoms with Crippen LogP contribution in [0.1, 0.15) is 11.1 Å². The Morgan fingerprint density at radius 2 is 2.12 bits per heavy atom. The predicted octanol–water partition coefficient (Wildman–Crippen LogP) is 3.48. The highest BCUT2D eigenvalue weighted by atomic mass is 14.7. The third-order valence-corrected chi connectivity index (χ3v) is 2.38. The summed E-state index contributed by atoms with van der Waals surface area (Å²) < 4.78 is 0. The van der Waals surface area contributed by atoms with Crippen LogP contribution in [-0.2, 0) is 0 Å². The maximum atomic E-state index is 8.90. The van der Waals surface area contributed by atoms with Crippen molar-refractivity contribution in [1.29, 1.82) is 5.26 Å². The summed E-state index contributed by atoms with van der Waals surface area (Å²) in [4.78, 5) is 7.64. The average molecular weight is 219 g/mol. The molecule has 80 valence electrons. The summed E-state index contributed by atoms with van der Waals surface area (Å²) in [6.45, 7) is 8.97. The van der Waals surface area contributed by atoms with Gasteiger partial charge in [-0.05, 0) is 42.3 Å². The number of nitrogens with zero attached hydrogens (tertiary/aromatic N) is 3. The third kappa shape index (κ3) is 2.30. The minimum absolute atomic E-state index is 0.460. The average Bonchev–Trinajstić information content (AvgIpc) is 2.39. The molecule has 3 heteroatoms. The number of benzene rings is 1. The number of hydrogen-bond donors (Lipinski definition) is 0. The highest BCUT2D eigenvalue weighted by Gasteiger charge is 2.03. The van der Waals surface area contributed by atoms with Gasteiger partial charge in [0.05, 0.1) is 18.3 Å². The number of aryl methyl sites for hydroxylation is 1. The van der Waals surface area contributed by atoms with Crippen molar-refractivity contribution < 1.29 is 0 Å². The lowest BCUT2D eigenvalue weighted by molar-refractivity contribution is 1.27. The van der Waals surface area contributed by atoms with E-state index in [1.165, 1.54) is 0 Å². The summed E-state index contributed by atoms with van der Waals surface area (Å²) in [7, 11) is 0. The number of hydrogen-bond acceptors (Lipinski definition) is 2. The van der Waals surface area contributed by atoms with Crippen molar-refractivity contribution in [3.63, 3.8) is 0 Å². The molecule has 0 amide bonds. The van der Waals surface area contributed by atoms with Gasteiger partial charge in [0.25, 0.3) is 0 Å². The Morgan fingerprint density at radius 3 is 2.71 bits per heavy atom. The topological polar surface area (TPSA) is 41.0 Å². The second-order valence-electron chi connectivity index (χ2n) is 3.71. The minimum Gasteiger partial charge on any atom is -0.256 e. The van der Waals surface area contributed by atoms with Crippen LogP contribution < -0.4 is 0 Å². The largest absolute Gasteiger partial charge is 0.256 e. The molecule has 2 aromatic rings. The second-order valence-corrected chi connectivity index (χ2v) is 3.71. The Hall–Kier alpha value is -2.65. The van der Waals surface area contributed by atoms with Crippen LogP contribution in [0.25, 0.3) is 16.1 Å². The molecule has 0 aliphatic rings. The maximum absolute atomic E-state index is 8.90. The van der Waals surface area contributed by atoms with Gasteiger partial charge in [-0.2, -0.15) is 5.26 Å². The summed E-state index contributed by atoms with van der Waals surface area (Å²) in [5.41, 5.74) is 3.60. The first kappa shape index (κ1) is 10.9. The van der Waals surface area contributed by atoms with Gasteiger partial charge in [-0.25, -0.2) is 4.85 Å². The van der Waals surface area contributed by atoms with Gasteiger partial charge in [-0.3, -0.25) is 4.98 Å².